The first kappa shape index (κ1) is 18.7. The Bertz CT molecular complexity index is 955. The van der Waals surface area contributed by atoms with Crippen LogP contribution >= 0.6 is 0 Å². The first-order valence-corrected chi connectivity index (χ1v) is 9.92. The summed E-state index contributed by atoms with van der Waals surface area (Å²) in [5, 5.41) is 0. The lowest BCUT2D eigenvalue weighted by atomic mass is 9.77. The van der Waals surface area contributed by atoms with Crippen molar-refractivity contribution in [3.05, 3.63) is 51.7 Å². The van der Waals surface area contributed by atoms with E-state index in [0.717, 1.165) is 43.7 Å². The van der Waals surface area contributed by atoms with Crippen molar-refractivity contribution in [2.24, 2.45) is 5.92 Å². The van der Waals surface area contributed by atoms with Crippen LogP contribution in [0.3, 0.4) is 0 Å². The fourth-order valence-electron chi connectivity index (χ4n) is 4.77. The number of hydrogen-bond acceptors (Lipinski definition) is 6. The Balaban J connectivity index is 1.73. The van der Waals surface area contributed by atoms with Crippen molar-refractivity contribution in [3.8, 4) is 0 Å². The molecule has 0 aliphatic carbocycles. The second-order valence-corrected chi connectivity index (χ2v) is 7.80. The van der Waals surface area contributed by atoms with Gasteiger partial charge < -0.3 is 14.2 Å². The van der Waals surface area contributed by atoms with Crippen LogP contribution in [0.15, 0.2) is 29.1 Å². The third-order valence-corrected chi connectivity index (χ3v) is 5.90. The highest BCUT2D eigenvalue weighted by molar-refractivity contribution is 5.87. The molecule has 0 aromatic carbocycles. The van der Waals surface area contributed by atoms with Crippen molar-refractivity contribution < 1.29 is 9.53 Å². The Morgan fingerprint density at radius 3 is 2.86 bits per heavy atom. The average molecular weight is 382 g/mol. The van der Waals surface area contributed by atoms with E-state index in [-0.39, 0.29) is 23.2 Å². The largest absolute Gasteiger partial charge is 0.464 e. The quantitative estimate of drug-likeness (QED) is 0.757. The number of pyridine rings is 1. The van der Waals surface area contributed by atoms with Crippen LogP contribution in [-0.2, 0) is 4.74 Å². The highest BCUT2D eigenvalue weighted by Gasteiger charge is 2.40. The summed E-state index contributed by atoms with van der Waals surface area (Å²) in [6.45, 7) is 5.54. The Morgan fingerprint density at radius 2 is 2.11 bits per heavy atom. The molecule has 1 saturated heterocycles. The lowest BCUT2D eigenvalue weighted by molar-refractivity contribution is 0.0593. The van der Waals surface area contributed by atoms with E-state index >= 15 is 0 Å². The molecule has 7 nitrogen and oxygen atoms in total. The Kier molecular flexibility index (Phi) is 4.91. The highest BCUT2D eigenvalue weighted by atomic mass is 16.5. The minimum atomic E-state index is -0.454. The summed E-state index contributed by atoms with van der Waals surface area (Å²) in [4.78, 5) is 35.8. The molecule has 3 atom stereocenters. The Labute approximate surface area is 164 Å². The van der Waals surface area contributed by atoms with Crippen LogP contribution in [0.2, 0.25) is 0 Å². The minimum Gasteiger partial charge on any atom is -0.464 e. The van der Waals surface area contributed by atoms with E-state index in [2.05, 4.69) is 27.9 Å². The van der Waals surface area contributed by atoms with Crippen LogP contribution in [0.5, 0.6) is 0 Å². The molecule has 0 unspecified atom stereocenters. The normalized spacial score (nSPS) is 23.2. The van der Waals surface area contributed by atoms with Crippen LogP contribution in [0.1, 0.15) is 60.0 Å². The molecule has 0 radical (unpaired) electrons. The molecular formula is C21H26N4O3. The number of methoxy groups -OCH3 is 1. The number of esters is 1. The lowest BCUT2D eigenvalue weighted by Crippen LogP contribution is -2.50. The third-order valence-electron chi connectivity index (χ3n) is 5.90. The number of carbonyl (C=O) groups is 1. The van der Waals surface area contributed by atoms with Crippen molar-refractivity contribution in [2.75, 3.05) is 25.1 Å². The minimum absolute atomic E-state index is 0.0962. The van der Waals surface area contributed by atoms with Crippen molar-refractivity contribution in [1.29, 1.82) is 0 Å². The zero-order valence-corrected chi connectivity index (χ0v) is 16.6. The van der Waals surface area contributed by atoms with Gasteiger partial charge in [0.1, 0.15) is 0 Å². The molecule has 2 aromatic rings. The molecule has 0 N–H and O–H groups in total. The fourth-order valence-corrected chi connectivity index (χ4v) is 4.77. The van der Waals surface area contributed by atoms with Crippen molar-refractivity contribution in [3.63, 3.8) is 0 Å². The maximum Gasteiger partial charge on any atom is 0.356 e. The molecule has 1 fully saturated rings. The summed E-state index contributed by atoms with van der Waals surface area (Å²) < 4.78 is 6.86. The molecule has 4 rings (SSSR count). The molecule has 2 aliphatic rings. The van der Waals surface area contributed by atoms with Gasteiger partial charge in [0.25, 0.3) is 5.56 Å². The Hall–Kier alpha value is -2.70. The maximum absolute atomic E-state index is 12.6. The van der Waals surface area contributed by atoms with Gasteiger partial charge in [0.2, 0.25) is 5.95 Å². The van der Waals surface area contributed by atoms with E-state index < -0.39 is 5.97 Å². The number of anilines is 1. The molecule has 2 bridgehead atoms. The monoisotopic (exact) mass is 382 g/mol. The third kappa shape index (κ3) is 3.19. The summed E-state index contributed by atoms with van der Waals surface area (Å²) >= 11 is 0. The van der Waals surface area contributed by atoms with E-state index in [1.807, 2.05) is 17.6 Å². The van der Waals surface area contributed by atoms with Gasteiger partial charge in [-0.15, -0.1) is 0 Å². The molecule has 28 heavy (non-hydrogen) atoms. The van der Waals surface area contributed by atoms with E-state index in [0.29, 0.717) is 11.9 Å². The molecule has 4 heterocycles. The predicted octanol–water partition coefficient (Wildman–Crippen LogP) is 2.70. The van der Waals surface area contributed by atoms with Gasteiger partial charge in [-0.2, -0.15) is 0 Å². The first-order valence-electron chi connectivity index (χ1n) is 9.92. The van der Waals surface area contributed by atoms with Crippen LogP contribution in [-0.4, -0.2) is 40.7 Å². The second kappa shape index (κ2) is 7.37. The van der Waals surface area contributed by atoms with E-state index in [4.69, 9.17) is 4.74 Å². The number of rotatable bonds is 4. The van der Waals surface area contributed by atoms with E-state index in [1.165, 1.54) is 7.11 Å². The van der Waals surface area contributed by atoms with Gasteiger partial charge in [0.15, 0.2) is 5.69 Å². The van der Waals surface area contributed by atoms with E-state index in [9.17, 15) is 9.59 Å². The second-order valence-electron chi connectivity index (χ2n) is 7.80. The summed E-state index contributed by atoms with van der Waals surface area (Å²) in [6, 6.07) is 7.43. The molecule has 0 amide bonds. The van der Waals surface area contributed by atoms with Gasteiger partial charge in [0, 0.05) is 42.5 Å². The molecular weight excluding hydrogens is 356 g/mol. The summed E-state index contributed by atoms with van der Waals surface area (Å²) in [7, 11) is 1.36. The van der Waals surface area contributed by atoms with Crippen LogP contribution in [0.25, 0.3) is 0 Å². The predicted molar refractivity (Wildman–Crippen MR) is 106 cm³/mol. The number of fused-ring (bicyclic) bond motifs is 4. The van der Waals surface area contributed by atoms with Crippen LogP contribution < -0.4 is 10.5 Å². The van der Waals surface area contributed by atoms with Gasteiger partial charge in [-0.05, 0) is 37.8 Å². The number of nitrogens with zero attached hydrogens (tertiary/aromatic N) is 4. The first-order chi connectivity index (χ1) is 13.5. The number of carbonyl (C=O) groups excluding carboxylic acids is 1. The van der Waals surface area contributed by atoms with Gasteiger partial charge in [-0.3, -0.25) is 4.79 Å². The number of ether oxygens (including phenoxy) is 1. The van der Waals surface area contributed by atoms with Gasteiger partial charge in [-0.25, -0.2) is 14.8 Å². The standard InChI is InChI=1S/C21H26N4O3/c1-4-6-17-14-10-15(18-7-5-8-19(26)25(17)18)12-24(11-14)21-22-13(2)9-16(23-21)20(27)28-3/h5,7-9,14-15,17H,4,6,10-12H2,1-3H3/t14-,15+,17-/m0/s1. The van der Waals surface area contributed by atoms with Crippen molar-refractivity contribution in [2.45, 2.75) is 45.1 Å². The SMILES string of the molecule is CCC[C@H]1[C@H]2C[C@H](CN(c3nc(C)cc(C(=O)OC)n3)C2)c2cccc(=O)n21. The smallest absolute Gasteiger partial charge is 0.356 e. The fraction of sp³-hybridized carbons (Fsp3) is 0.524. The summed E-state index contributed by atoms with van der Waals surface area (Å²) in [5.74, 6) is 0.727. The molecule has 0 saturated carbocycles. The number of piperidine rings is 1. The number of aromatic nitrogens is 3. The molecule has 2 aromatic heterocycles. The molecule has 0 spiro atoms. The van der Waals surface area contributed by atoms with Gasteiger partial charge in [-0.1, -0.05) is 19.4 Å². The topological polar surface area (TPSA) is 77.3 Å². The number of hydrogen-bond donors (Lipinski definition) is 0. The van der Waals surface area contributed by atoms with Gasteiger partial charge in [0.05, 0.1) is 7.11 Å². The van der Waals surface area contributed by atoms with Gasteiger partial charge >= 0.3 is 5.97 Å². The van der Waals surface area contributed by atoms with E-state index in [1.54, 1.807) is 12.1 Å². The van der Waals surface area contributed by atoms with Crippen LogP contribution in [0, 0.1) is 12.8 Å². The summed E-state index contributed by atoms with van der Waals surface area (Å²) in [6.07, 6.45) is 3.07. The zero-order chi connectivity index (χ0) is 19.8. The summed E-state index contributed by atoms with van der Waals surface area (Å²) in [5.41, 5.74) is 2.22. The lowest BCUT2D eigenvalue weighted by Gasteiger charge is -2.47. The van der Waals surface area contributed by atoms with Crippen molar-refractivity contribution >= 4 is 11.9 Å². The maximum atomic E-state index is 12.6. The molecule has 7 heteroatoms. The average Bonchev–Trinajstić information content (AvgIpc) is 2.70. The zero-order valence-electron chi connectivity index (χ0n) is 16.6. The van der Waals surface area contributed by atoms with Crippen LogP contribution in [0.4, 0.5) is 5.95 Å². The molecule has 2 aliphatic heterocycles. The molecule has 148 valence electrons. The number of aryl methyl sites for hydroxylation is 1. The highest BCUT2D eigenvalue weighted by Crippen LogP contribution is 2.43. The Morgan fingerprint density at radius 1 is 1.29 bits per heavy atom. The van der Waals surface area contributed by atoms with Crippen molar-refractivity contribution in [1.82, 2.24) is 14.5 Å².